The largest absolute Gasteiger partial charge is 0.356 e. The van der Waals surface area contributed by atoms with E-state index in [-0.39, 0.29) is 24.0 Å². The van der Waals surface area contributed by atoms with Crippen LogP contribution in [0.5, 0.6) is 0 Å². The summed E-state index contributed by atoms with van der Waals surface area (Å²) in [6.45, 7) is 5.21. The molecule has 4 heteroatoms. The Kier molecular flexibility index (Phi) is 8.24. The van der Waals surface area contributed by atoms with Gasteiger partial charge < -0.3 is 10.6 Å². The summed E-state index contributed by atoms with van der Waals surface area (Å²) in [6.07, 6.45) is 2.08. The van der Waals surface area contributed by atoms with Crippen LogP contribution < -0.4 is 10.6 Å². The van der Waals surface area contributed by atoms with Crippen LogP contribution in [-0.2, 0) is 6.42 Å². The number of hydrogen-bond acceptors (Lipinski definition) is 1. The molecule has 0 saturated carbocycles. The van der Waals surface area contributed by atoms with E-state index in [9.17, 15) is 0 Å². The third-order valence-corrected chi connectivity index (χ3v) is 3.79. The van der Waals surface area contributed by atoms with Crippen molar-refractivity contribution in [2.75, 3.05) is 13.6 Å². The van der Waals surface area contributed by atoms with Crippen molar-refractivity contribution < 1.29 is 0 Å². The summed E-state index contributed by atoms with van der Waals surface area (Å²) in [6, 6.07) is 15.5. The standard InChI is InChI=1S/C18H25N3.HI/c1-4-14(2)21-18(19-3)20-13-12-16-10-7-9-15-8-5-6-11-17(15)16;/h5-11,14H,4,12-13H2,1-3H3,(H2,19,20,21);1H. The van der Waals surface area contributed by atoms with E-state index in [0.717, 1.165) is 25.3 Å². The zero-order valence-corrected chi connectivity index (χ0v) is 15.9. The monoisotopic (exact) mass is 411 g/mol. The molecule has 0 amide bonds. The number of nitrogens with one attached hydrogen (secondary N) is 2. The Bertz CT molecular complexity index is 605. The van der Waals surface area contributed by atoms with E-state index in [1.54, 1.807) is 0 Å². The van der Waals surface area contributed by atoms with E-state index in [1.165, 1.54) is 16.3 Å². The SMILES string of the molecule is CCC(C)NC(=NC)NCCc1cccc2ccccc12.I. The van der Waals surface area contributed by atoms with Gasteiger partial charge in [0.2, 0.25) is 0 Å². The van der Waals surface area contributed by atoms with Gasteiger partial charge in [-0.1, -0.05) is 49.4 Å². The summed E-state index contributed by atoms with van der Waals surface area (Å²) in [7, 11) is 1.82. The Morgan fingerprint density at radius 2 is 1.86 bits per heavy atom. The molecular formula is C18H26IN3. The minimum Gasteiger partial charge on any atom is -0.356 e. The summed E-state index contributed by atoms with van der Waals surface area (Å²) in [5.41, 5.74) is 1.37. The van der Waals surface area contributed by atoms with Crippen LogP contribution in [0.15, 0.2) is 47.5 Å². The van der Waals surface area contributed by atoms with Gasteiger partial charge in [0.05, 0.1) is 0 Å². The summed E-state index contributed by atoms with van der Waals surface area (Å²) >= 11 is 0. The minimum atomic E-state index is 0. The molecule has 0 aromatic heterocycles. The normalized spacial score (nSPS) is 12.6. The third-order valence-electron chi connectivity index (χ3n) is 3.79. The van der Waals surface area contributed by atoms with Crippen molar-refractivity contribution in [2.24, 2.45) is 4.99 Å². The fraction of sp³-hybridized carbons (Fsp3) is 0.389. The van der Waals surface area contributed by atoms with E-state index >= 15 is 0 Å². The molecule has 120 valence electrons. The lowest BCUT2D eigenvalue weighted by Gasteiger charge is -2.16. The highest BCUT2D eigenvalue weighted by Crippen LogP contribution is 2.18. The highest BCUT2D eigenvalue weighted by molar-refractivity contribution is 14.0. The molecule has 1 unspecified atom stereocenters. The second kappa shape index (κ2) is 9.66. The number of aliphatic imine (C=N–C) groups is 1. The van der Waals surface area contributed by atoms with Crippen LogP contribution in [0, 0.1) is 0 Å². The van der Waals surface area contributed by atoms with Gasteiger partial charge in [-0.15, -0.1) is 24.0 Å². The number of fused-ring (bicyclic) bond motifs is 1. The van der Waals surface area contributed by atoms with Crippen molar-refractivity contribution in [1.82, 2.24) is 10.6 Å². The Morgan fingerprint density at radius 1 is 1.14 bits per heavy atom. The van der Waals surface area contributed by atoms with E-state index in [0.29, 0.717) is 6.04 Å². The van der Waals surface area contributed by atoms with Gasteiger partial charge in [0.1, 0.15) is 0 Å². The van der Waals surface area contributed by atoms with Crippen molar-refractivity contribution in [3.05, 3.63) is 48.0 Å². The van der Waals surface area contributed by atoms with Crippen LogP contribution in [0.3, 0.4) is 0 Å². The summed E-state index contributed by atoms with van der Waals surface area (Å²) in [5.74, 6) is 0.879. The van der Waals surface area contributed by atoms with Gasteiger partial charge in [0.25, 0.3) is 0 Å². The molecule has 0 saturated heterocycles. The van der Waals surface area contributed by atoms with Crippen LogP contribution in [0.2, 0.25) is 0 Å². The molecule has 0 aliphatic rings. The van der Waals surface area contributed by atoms with E-state index in [4.69, 9.17) is 0 Å². The smallest absolute Gasteiger partial charge is 0.191 e. The summed E-state index contributed by atoms with van der Waals surface area (Å²) in [5, 5.41) is 9.41. The Balaban J connectivity index is 0.00000242. The minimum absolute atomic E-state index is 0. The first-order chi connectivity index (χ1) is 10.2. The van der Waals surface area contributed by atoms with Crippen LogP contribution in [0.1, 0.15) is 25.8 Å². The predicted octanol–water partition coefficient (Wildman–Crippen LogP) is 3.96. The van der Waals surface area contributed by atoms with Gasteiger partial charge in [-0.3, -0.25) is 4.99 Å². The van der Waals surface area contributed by atoms with E-state index < -0.39 is 0 Å². The van der Waals surface area contributed by atoms with Crippen molar-refractivity contribution in [2.45, 2.75) is 32.7 Å². The van der Waals surface area contributed by atoms with Gasteiger partial charge in [0, 0.05) is 19.6 Å². The zero-order chi connectivity index (χ0) is 15.1. The maximum atomic E-state index is 4.26. The van der Waals surface area contributed by atoms with E-state index in [2.05, 4.69) is 71.9 Å². The first-order valence-electron chi connectivity index (χ1n) is 7.68. The Morgan fingerprint density at radius 3 is 2.59 bits per heavy atom. The third kappa shape index (κ3) is 5.16. The number of hydrogen-bond donors (Lipinski definition) is 2. The second-order valence-corrected chi connectivity index (χ2v) is 5.34. The lowest BCUT2D eigenvalue weighted by Crippen LogP contribution is -2.42. The number of nitrogens with zero attached hydrogens (tertiary/aromatic N) is 1. The molecular weight excluding hydrogens is 385 g/mol. The average Bonchev–Trinajstić information content (AvgIpc) is 2.53. The number of benzene rings is 2. The van der Waals surface area contributed by atoms with Gasteiger partial charge in [-0.25, -0.2) is 0 Å². The molecule has 0 spiro atoms. The molecule has 3 nitrogen and oxygen atoms in total. The number of halogens is 1. The first-order valence-corrected chi connectivity index (χ1v) is 7.68. The van der Waals surface area contributed by atoms with Gasteiger partial charge in [0.15, 0.2) is 5.96 Å². The van der Waals surface area contributed by atoms with Gasteiger partial charge in [-0.05, 0) is 36.1 Å². The van der Waals surface area contributed by atoms with Crippen molar-refractivity contribution >= 4 is 40.7 Å². The molecule has 0 aliphatic heterocycles. The fourth-order valence-electron chi connectivity index (χ4n) is 2.36. The number of rotatable bonds is 5. The predicted molar refractivity (Wildman–Crippen MR) is 107 cm³/mol. The average molecular weight is 411 g/mol. The fourth-order valence-corrected chi connectivity index (χ4v) is 2.36. The molecule has 0 aliphatic carbocycles. The molecule has 22 heavy (non-hydrogen) atoms. The maximum Gasteiger partial charge on any atom is 0.191 e. The molecule has 2 N–H and O–H groups in total. The quantitative estimate of drug-likeness (QED) is 0.444. The van der Waals surface area contributed by atoms with Crippen LogP contribution in [0.4, 0.5) is 0 Å². The molecule has 1 atom stereocenters. The topological polar surface area (TPSA) is 36.4 Å². The molecule has 2 aromatic carbocycles. The lowest BCUT2D eigenvalue weighted by molar-refractivity contribution is 0.624. The highest BCUT2D eigenvalue weighted by Gasteiger charge is 2.03. The number of guanidine groups is 1. The van der Waals surface area contributed by atoms with Crippen LogP contribution in [-0.4, -0.2) is 25.6 Å². The van der Waals surface area contributed by atoms with Crippen LogP contribution in [0.25, 0.3) is 10.8 Å². The molecule has 0 radical (unpaired) electrons. The molecule has 0 bridgehead atoms. The molecule has 2 aromatic rings. The van der Waals surface area contributed by atoms with Gasteiger partial charge >= 0.3 is 0 Å². The highest BCUT2D eigenvalue weighted by atomic mass is 127. The molecule has 0 fully saturated rings. The summed E-state index contributed by atoms with van der Waals surface area (Å²) < 4.78 is 0. The molecule has 0 heterocycles. The lowest BCUT2D eigenvalue weighted by atomic mass is 10.0. The maximum absolute atomic E-state index is 4.26. The first kappa shape index (κ1) is 18.7. The van der Waals surface area contributed by atoms with Crippen LogP contribution >= 0.6 is 24.0 Å². The van der Waals surface area contributed by atoms with Gasteiger partial charge in [-0.2, -0.15) is 0 Å². The Hall–Kier alpha value is -1.30. The second-order valence-electron chi connectivity index (χ2n) is 5.34. The Labute approximate surface area is 150 Å². The summed E-state index contributed by atoms with van der Waals surface area (Å²) in [4.78, 5) is 4.26. The van der Waals surface area contributed by atoms with Crippen molar-refractivity contribution in [3.63, 3.8) is 0 Å². The molecule has 2 rings (SSSR count). The van der Waals surface area contributed by atoms with E-state index in [1.807, 2.05) is 7.05 Å². The van der Waals surface area contributed by atoms with Crippen molar-refractivity contribution in [1.29, 1.82) is 0 Å². The zero-order valence-electron chi connectivity index (χ0n) is 13.6. The van der Waals surface area contributed by atoms with Crippen molar-refractivity contribution in [3.8, 4) is 0 Å².